The van der Waals surface area contributed by atoms with E-state index in [0.717, 1.165) is 19.3 Å². The molecule has 0 radical (unpaired) electrons. The molecule has 2 unspecified atom stereocenters. The van der Waals surface area contributed by atoms with Gasteiger partial charge < -0.3 is 15.0 Å². The molecule has 1 aliphatic heterocycles. The van der Waals surface area contributed by atoms with Crippen LogP contribution < -0.4 is 5.32 Å². The van der Waals surface area contributed by atoms with Crippen LogP contribution in [0.3, 0.4) is 0 Å². The van der Waals surface area contributed by atoms with E-state index in [0.29, 0.717) is 56.7 Å². The van der Waals surface area contributed by atoms with E-state index in [2.05, 4.69) is 33.0 Å². The van der Waals surface area contributed by atoms with Crippen LogP contribution in [-0.4, -0.2) is 54.5 Å². The minimum atomic E-state index is 0.104. The minimum Gasteiger partial charge on any atom is -0.377 e. The quantitative estimate of drug-likeness (QED) is 0.526. The Labute approximate surface area is 166 Å². The number of hydrogen-bond donors (Lipinski definition) is 1. The van der Waals surface area contributed by atoms with E-state index in [1.54, 1.807) is 0 Å². The Kier molecular flexibility index (Phi) is 11.2. The number of nitrogens with zero attached hydrogens (tertiary/aromatic N) is 1. The van der Waals surface area contributed by atoms with Crippen LogP contribution in [0.4, 0.5) is 0 Å². The summed E-state index contributed by atoms with van der Waals surface area (Å²) in [5.74, 6) is 1.45. The van der Waals surface area contributed by atoms with Crippen LogP contribution in [0.25, 0.3) is 0 Å². The van der Waals surface area contributed by atoms with Gasteiger partial charge in [0.1, 0.15) is 5.78 Å². The van der Waals surface area contributed by atoms with Gasteiger partial charge in [-0.15, -0.1) is 0 Å². The van der Waals surface area contributed by atoms with Gasteiger partial charge in [0.05, 0.1) is 18.8 Å². The number of Topliss-reactive ketones (excluding diaryl/α,β-unsaturated/α-hetero) is 1. The summed E-state index contributed by atoms with van der Waals surface area (Å²) in [5, 5.41) is 3.31. The van der Waals surface area contributed by atoms with E-state index < -0.39 is 0 Å². The lowest BCUT2D eigenvalue weighted by molar-refractivity contribution is -0.133. The Balaban J connectivity index is 2.54. The van der Waals surface area contributed by atoms with E-state index in [9.17, 15) is 9.59 Å². The number of rotatable bonds is 13. The smallest absolute Gasteiger partial charge is 0.224 e. The molecular formula is C22H42N2O3. The van der Waals surface area contributed by atoms with Crippen molar-refractivity contribution in [3.05, 3.63) is 0 Å². The van der Waals surface area contributed by atoms with Crippen LogP contribution in [-0.2, 0) is 14.3 Å². The highest BCUT2D eigenvalue weighted by Gasteiger charge is 2.35. The molecule has 2 atom stereocenters. The molecule has 1 aliphatic rings. The SMILES string of the molecule is CC(C)CCCC(=O)CC1CC(COC(C)C)N(C(=O)CCNC(C)C)C1. The number of ether oxygens (including phenoxy) is 1. The third kappa shape index (κ3) is 10.2. The van der Waals surface area contributed by atoms with E-state index >= 15 is 0 Å². The van der Waals surface area contributed by atoms with Crippen LogP contribution in [0.2, 0.25) is 0 Å². The molecule has 0 aromatic carbocycles. The third-order valence-electron chi connectivity index (χ3n) is 5.09. The van der Waals surface area contributed by atoms with Gasteiger partial charge in [-0.05, 0) is 38.5 Å². The number of hydrogen-bond acceptors (Lipinski definition) is 4. The van der Waals surface area contributed by atoms with E-state index in [-0.39, 0.29) is 24.0 Å². The Morgan fingerprint density at radius 2 is 1.81 bits per heavy atom. The Morgan fingerprint density at radius 1 is 1.11 bits per heavy atom. The highest BCUT2D eigenvalue weighted by molar-refractivity contribution is 5.79. The molecule has 1 heterocycles. The van der Waals surface area contributed by atoms with Gasteiger partial charge in [-0.25, -0.2) is 0 Å². The monoisotopic (exact) mass is 382 g/mol. The second-order valence-corrected chi connectivity index (χ2v) is 9.07. The molecule has 1 rings (SSSR count). The fourth-order valence-electron chi connectivity index (χ4n) is 3.67. The molecule has 0 saturated carbocycles. The van der Waals surface area contributed by atoms with Gasteiger partial charge in [0.25, 0.3) is 0 Å². The predicted molar refractivity (Wildman–Crippen MR) is 111 cm³/mol. The molecule has 5 heteroatoms. The zero-order chi connectivity index (χ0) is 20.4. The minimum absolute atomic E-state index is 0.104. The largest absolute Gasteiger partial charge is 0.377 e. The topological polar surface area (TPSA) is 58.6 Å². The summed E-state index contributed by atoms with van der Waals surface area (Å²) in [6, 6.07) is 0.486. The van der Waals surface area contributed by atoms with Gasteiger partial charge in [-0.2, -0.15) is 0 Å². The molecule has 1 N–H and O–H groups in total. The van der Waals surface area contributed by atoms with Crippen molar-refractivity contribution >= 4 is 11.7 Å². The predicted octanol–water partition coefficient (Wildman–Crippen LogP) is 3.80. The molecule has 0 aromatic heterocycles. The lowest BCUT2D eigenvalue weighted by atomic mass is 9.96. The molecule has 0 bridgehead atoms. The van der Waals surface area contributed by atoms with E-state index in [4.69, 9.17) is 4.74 Å². The molecule has 27 heavy (non-hydrogen) atoms. The van der Waals surface area contributed by atoms with Crippen molar-refractivity contribution in [2.24, 2.45) is 11.8 Å². The fraction of sp³-hybridized carbons (Fsp3) is 0.909. The molecule has 1 fully saturated rings. The van der Waals surface area contributed by atoms with Crippen molar-refractivity contribution in [1.29, 1.82) is 0 Å². The summed E-state index contributed by atoms with van der Waals surface area (Å²) < 4.78 is 5.80. The van der Waals surface area contributed by atoms with E-state index in [1.807, 2.05) is 18.7 Å². The average Bonchev–Trinajstić information content (AvgIpc) is 2.94. The fourth-order valence-corrected chi connectivity index (χ4v) is 3.67. The highest BCUT2D eigenvalue weighted by Crippen LogP contribution is 2.28. The lowest BCUT2D eigenvalue weighted by Crippen LogP contribution is -2.40. The maximum absolute atomic E-state index is 12.7. The summed E-state index contributed by atoms with van der Waals surface area (Å²) in [7, 11) is 0. The number of carbonyl (C=O) groups excluding carboxylic acids is 2. The standard InChI is InChI=1S/C22H42N2O3/c1-16(2)8-7-9-21(25)13-19-12-20(15-27-18(5)6)24(14-19)22(26)10-11-23-17(3)4/h16-20,23H,7-15H2,1-6H3. The molecule has 0 aromatic rings. The van der Waals surface area contributed by atoms with Crippen molar-refractivity contribution < 1.29 is 14.3 Å². The first kappa shape index (κ1) is 24.1. The second-order valence-electron chi connectivity index (χ2n) is 9.07. The Morgan fingerprint density at radius 3 is 2.41 bits per heavy atom. The lowest BCUT2D eigenvalue weighted by Gasteiger charge is -2.25. The molecule has 0 aliphatic carbocycles. The summed E-state index contributed by atoms with van der Waals surface area (Å²) in [6.45, 7) is 14.6. The zero-order valence-corrected chi connectivity index (χ0v) is 18.4. The maximum atomic E-state index is 12.7. The summed E-state index contributed by atoms with van der Waals surface area (Å²) in [6.07, 6.45) is 4.90. The van der Waals surface area contributed by atoms with Crippen LogP contribution in [0.5, 0.6) is 0 Å². The maximum Gasteiger partial charge on any atom is 0.224 e. The van der Waals surface area contributed by atoms with Crippen LogP contribution >= 0.6 is 0 Å². The van der Waals surface area contributed by atoms with Gasteiger partial charge in [-0.1, -0.05) is 34.1 Å². The van der Waals surface area contributed by atoms with E-state index in [1.165, 1.54) is 0 Å². The van der Waals surface area contributed by atoms with Crippen LogP contribution in [0.1, 0.15) is 80.1 Å². The van der Waals surface area contributed by atoms with Crippen LogP contribution in [0.15, 0.2) is 0 Å². The Bertz CT molecular complexity index is 449. The molecule has 158 valence electrons. The molecular weight excluding hydrogens is 340 g/mol. The van der Waals surface area contributed by atoms with Crippen LogP contribution in [0, 0.1) is 11.8 Å². The van der Waals surface area contributed by atoms with Gasteiger partial charge in [0.15, 0.2) is 0 Å². The van der Waals surface area contributed by atoms with Crippen molar-refractivity contribution in [3.63, 3.8) is 0 Å². The number of likely N-dealkylation sites (tertiary alicyclic amines) is 1. The van der Waals surface area contributed by atoms with Crippen molar-refractivity contribution in [2.45, 2.75) is 98.3 Å². The van der Waals surface area contributed by atoms with Gasteiger partial charge in [0.2, 0.25) is 5.91 Å². The second kappa shape index (κ2) is 12.5. The van der Waals surface area contributed by atoms with Gasteiger partial charge in [0, 0.05) is 38.4 Å². The number of nitrogens with one attached hydrogen (secondary N) is 1. The summed E-state index contributed by atoms with van der Waals surface area (Å²) in [4.78, 5) is 27.0. The first-order valence-electron chi connectivity index (χ1n) is 10.8. The van der Waals surface area contributed by atoms with Gasteiger partial charge >= 0.3 is 0 Å². The van der Waals surface area contributed by atoms with Crippen molar-refractivity contribution in [1.82, 2.24) is 10.2 Å². The first-order valence-corrected chi connectivity index (χ1v) is 10.8. The van der Waals surface area contributed by atoms with Gasteiger partial charge in [-0.3, -0.25) is 9.59 Å². The highest BCUT2D eigenvalue weighted by atomic mass is 16.5. The normalized spacial score (nSPS) is 20.3. The molecule has 1 amide bonds. The van der Waals surface area contributed by atoms with Crippen molar-refractivity contribution in [3.8, 4) is 0 Å². The number of amides is 1. The van der Waals surface area contributed by atoms with Crippen molar-refractivity contribution in [2.75, 3.05) is 19.7 Å². The zero-order valence-electron chi connectivity index (χ0n) is 18.4. The molecule has 0 spiro atoms. The number of carbonyl (C=O) groups is 2. The summed E-state index contributed by atoms with van der Waals surface area (Å²) >= 11 is 0. The summed E-state index contributed by atoms with van der Waals surface area (Å²) in [5.41, 5.74) is 0. The molecule has 5 nitrogen and oxygen atoms in total. The number of ketones is 1. The third-order valence-corrected chi connectivity index (χ3v) is 5.09. The first-order chi connectivity index (χ1) is 12.7. The molecule has 1 saturated heterocycles. The Hall–Kier alpha value is -0.940. The average molecular weight is 383 g/mol.